The zero-order valence-electron chi connectivity index (χ0n) is 11.1. The number of benzene rings is 2. The molecule has 0 saturated carbocycles. The number of amides is 2. The van der Waals surface area contributed by atoms with Crippen molar-refractivity contribution in [2.45, 2.75) is 6.54 Å². The Bertz CT molecular complexity index is 624. The molecule has 0 spiro atoms. The van der Waals surface area contributed by atoms with Crippen LogP contribution in [-0.4, -0.2) is 6.03 Å². The Morgan fingerprint density at radius 1 is 1.10 bits per heavy atom. The van der Waals surface area contributed by atoms with Gasteiger partial charge in [-0.1, -0.05) is 35.9 Å². The molecule has 0 aliphatic carbocycles. The summed E-state index contributed by atoms with van der Waals surface area (Å²) in [5, 5.41) is 5.92. The van der Waals surface area contributed by atoms with E-state index in [2.05, 4.69) is 10.6 Å². The standard InChI is InChI=1S/C16H14ClFN2O/c17-14-5-1-12(2-6-14)9-10-19-16(21)20-11-13-3-7-15(18)8-4-13/h1-10H,11H2,(H2,19,20,21)/b10-9+. The van der Waals surface area contributed by atoms with Crippen LogP contribution in [0.25, 0.3) is 6.08 Å². The lowest BCUT2D eigenvalue weighted by Crippen LogP contribution is -2.31. The maximum atomic E-state index is 12.7. The summed E-state index contributed by atoms with van der Waals surface area (Å²) >= 11 is 5.78. The van der Waals surface area contributed by atoms with E-state index in [1.807, 2.05) is 12.1 Å². The Morgan fingerprint density at radius 3 is 2.43 bits per heavy atom. The SMILES string of the molecule is O=C(N/C=C/c1ccc(Cl)cc1)NCc1ccc(F)cc1. The van der Waals surface area contributed by atoms with Crippen LogP contribution in [0.2, 0.25) is 5.02 Å². The van der Waals surface area contributed by atoms with E-state index in [0.29, 0.717) is 11.6 Å². The molecule has 3 nitrogen and oxygen atoms in total. The van der Waals surface area contributed by atoms with Gasteiger partial charge in [-0.3, -0.25) is 0 Å². The first-order valence-corrected chi connectivity index (χ1v) is 6.72. The minimum absolute atomic E-state index is 0.297. The van der Waals surface area contributed by atoms with Crippen LogP contribution in [-0.2, 0) is 6.54 Å². The van der Waals surface area contributed by atoms with Crippen molar-refractivity contribution in [2.75, 3.05) is 0 Å². The van der Waals surface area contributed by atoms with Crippen LogP contribution in [0, 0.1) is 5.82 Å². The Morgan fingerprint density at radius 2 is 1.76 bits per heavy atom. The third kappa shape index (κ3) is 5.28. The summed E-state index contributed by atoms with van der Waals surface area (Å²) in [4.78, 5) is 11.6. The second-order valence-electron chi connectivity index (χ2n) is 4.34. The fourth-order valence-corrected chi connectivity index (χ4v) is 1.75. The van der Waals surface area contributed by atoms with E-state index in [-0.39, 0.29) is 11.8 Å². The largest absolute Gasteiger partial charge is 0.334 e. The van der Waals surface area contributed by atoms with Gasteiger partial charge in [0.2, 0.25) is 0 Å². The molecule has 0 heterocycles. The highest BCUT2D eigenvalue weighted by Crippen LogP contribution is 2.10. The Labute approximate surface area is 127 Å². The second kappa shape index (κ2) is 7.45. The normalized spacial score (nSPS) is 10.6. The fraction of sp³-hybridized carbons (Fsp3) is 0.0625. The zero-order chi connectivity index (χ0) is 15.1. The van der Waals surface area contributed by atoms with Gasteiger partial charge in [-0.25, -0.2) is 9.18 Å². The van der Waals surface area contributed by atoms with Crippen molar-refractivity contribution in [3.05, 3.63) is 76.7 Å². The van der Waals surface area contributed by atoms with Crippen molar-refractivity contribution in [3.8, 4) is 0 Å². The summed E-state index contributed by atoms with van der Waals surface area (Å²) in [5.74, 6) is -0.297. The van der Waals surface area contributed by atoms with Crippen LogP contribution in [0.3, 0.4) is 0 Å². The zero-order valence-corrected chi connectivity index (χ0v) is 11.9. The monoisotopic (exact) mass is 304 g/mol. The summed E-state index contributed by atoms with van der Waals surface area (Å²) in [6, 6.07) is 12.9. The van der Waals surface area contributed by atoms with E-state index in [0.717, 1.165) is 11.1 Å². The van der Waals surface area contributed by atoms with E-state index in [9.17, 15) is 9.18 Å². The summed E-state index contributed by atoms with van der Waals surface area (Å²) < 4.78 is 12.7. The summed E-state index contributed by atoms with van der Waals surface area (Å²) in [6.45, 7) is 0.334. The fourth-order valence-electron chi connectivity index (χ4n) is 1.62. The second-order valence-corrected chi connectivity index (χ2v) is 4.77. The summed E-state index contributed by atoms with van der Waals surface area (Å²) in [6.07, 6.45) is 3.30. The van der Waals surface area contributed by atoms with Gasteiger partial charge in [0.25, 0.3) is 0 Å². The number of hydrogen-bond acceptors (Lipinski definition) is 1. The summed E-state index contributed by atoms with van der Waals surface area (Å²) in [5.41, 5.74) is 1.76. The van der Waals surface area contributed by atoms with Crippen molar-refractivity contribution >= 4 is 23.7 Å². The highest BCUT2D eigenvalue weighted by Gasteiger charge is 1.98. The van der Waals surface area contributed by atoms with Crippen molar-refractivity contribution in [3.63, 3.8) is 0 Å². The molecular weight excluding hydrogens is 291 g/mol. The van der Waals surface area contributed by atoms with Gasteiger partial charge < -0.3 is 10.6 Å². The van der Waals surface area contributed by atoms with Gasteiger partial charge >= 0.3 is 6.03 Å². The predicted molar refractivity (Wildman–Crippen MR) is 82.3 cm³/mol. The molecule has 2 aromatic carbocycles. The maximum absolute atomic E-state index is 12.7. The minimum atomic E-state index is -0.329. The first kappa shape index (κ1) is 15.1. The Kier molecular flexibility index (Phi) is 5.35. The number of carbonyl (C=O) groups is 1. The maximum Gasteiger partial charge on any atom is 0.319 e. The van der Waals surface area contributed by atoms with E-state index in [1.54, 1.807) is 36.5 Å². The molecule has 5 heteroatoms. The molecule has 2 N–H and O–H groups in total. The van der Waals surface area contributed by atoms with E-state index >= 15 is 0 Å². The molecule has 0 unspecified atom stereocenters. The first-order chi connectivity index (χ1) is 10.1. The van der Waals surface area contributed by atoms with Crippen molar-refractivity contribution in [1.82, 2.24) is 10.6 Å². The van der Waals surface area contributed by atoms with Gasteiger partial charge in [-0.15, -0.1) is 0 Å². The molecule has 2 aromatic rings. The van der Waals surface area contributed by atoms with Crippen molar-refractivity contribution < 1.29 is 9.18 Å². The summed E-state index contributed by atoms with van der Waals surface area (Å²) in [7, 11) is 0. The van der Waals surface area contributed by atoms with Crippen LogP contribution in [0.15, 0.2) is 54.7 Å². The average molecular weight is 305 g/mol. The van der Waals surface area contributed by atoms with Crippen LogP contribution >= 0.6 is 11.6 Å². The minimum Gasteiger partial charge on any atom is -0.334 e. The molecule has 2 rings (SSSR count). The number of carbonyl (C=O) groups excluding carboxylic acids is 1. The Hall–Kier alpha value is -2.33. The molecule has 0 aromatic heterocycles. The lowest BCUT2D eigenvalue weighted by molar-refractivity contribution is 0.244. The smallest absolute Gasteiger partial charge is 0.319 e. The topological polar surface area (TPSA) is 41.1 Å². The number of hydrogen-bond donors (Lipinski definition) is 2. The molecule has 0 aliphatic rings. The highest BCUT2D eigenvalue weighted by atomic mass is 35.5. The molecule has 0 atom stereocenters. The van der Waals surface area contributed by atoms with Gasteiger partial charge in [0.15, 0.2) is 0 Å². The Balaban J connectivity index is 1.77. The van der Waals surface area contributed by atoms with Crippen LogP contribution < -0.4 is 10.6 Å². The molecule has 2 amide bonds. The van der Waals surface area contributed by atoms with Gasteiger partial charge in [0.1, 0.15) is 5.82 Å². The molecule has 0 radical (unpaired) electrons. The van der Waals surface area contributed by atoms with Crippen molar-refractivity contribution in [2.24, 2.45) is 0 Å². The molecule has 0 bridgehead atoms. The molecule has 0 aliphatic heterocycles. The van der Waals surface area contributed by atoms with Gasteiger partial charge in [0.05, 0.1) is 0 Å². The molecule has 0 saturated heterocycles. The first-order valence-electron chi connectivity index (χ1n) is 6.34. The third-order valence-electron chi connectivity index (χ3n) is 2.73. The van der Waals surface area contributed by atoms with E-state index < -0.39 is 0 Å². The van der Waals surface area contributed by atoms with E-state index in [1.165, 1.54) is 12.1 Å². The molecule has 0 fully saturated rings. The van der Waals surface area contributed by atoms with Crippen molar-refractivity contribution in [1.29, 1.82) is 0 Å². The number of halogens is 2. The van der Waals surface area contributed by atoms with Gasteiger partial charge in [-0.05, 0) is 41.5 Å². The quantitative estimate of drug-likeness (QED) is 0.882. The third-order valence-corrected chi connectivity index (χ3v) is 2.98. The van der Waals surface area contributed by atoms with Gasteiger partial charge in [-0.2, -0.15) is 0 Å². The number of urea groups is 1. The molecule has 21 heavy (non-hydrogen) atoms. The van der Waals surface area contributed by atoms with E-state index in [4.69, 9.17) is 11.6 Å². The number of nitrogens with one attached hydrogen (secondary N) is 2. The highest BCUT2D eigenvalue weighted by molar-refractivity contribution is 6.30. The van der Waals surface area contributed by atoms with Crippen LogP contribution in [0.4, 0.5) is 9.18 Å². The van der Waals surface area contributed by atoms with Crippen LogP contribution in [0.1, 0.15) is 11.1 Å². The predicted octanol–water partition coefficient (Wildman–Crippen LogP) is 3.95. The van der Waals surface area contributed by atoms with Crippen LogP contribution in [0.5, 0.6) is 0 Å². The molecule has 108 valence electrons. The average Bonchev–Trinajstić information content (AvgIpc) is 2.49. The lowest BCUT2D eigenvalue weighted by Gasteiger charge is -2.04. The van der Waals surface area contributed by atoms with Gasteiger partial charge in [0, 0.05) is 17.8 Å². The lowest BCUT2D eigenvalue weighted by atomic mass is 10.2. The number of rotatable bonds is 4. The molecular formula is C16H14ClFN2O.